The SMILES string of the molecule is CCNC(=NCC1(O)CCSC1)N1CCN(Cc2cccc(C(F)(F)F)c2)CC1.I. The van der Waals surface area contributed by atoms with Crippen LogP contribution in [0.25, 0.3) is 0 Å². The second-order valence-corrected chi connectivity index (χ2v) is 8.76. The number of alkyl halides is 3. The van der Waals surface area contributed by atoms with Crippen LogP contribution in [-0.2, 0) is 12.7 Å². The monoisotopic (exact) mass is 558 g/mol. The molecule has 30 heavy (non-hydrogen) atoms. The molecule has 0 amide bonds. The van der Waals surface area contributed by atoms with Crippen LogP contribution in [0.5, 0.6) is 0 Å². The summed E-state index contributed by atoms with van der Waals surface area (Å²) in [6, 6.07) is 5.55. The van der Waals surface area contributed by atoms with Gasteiger partial charge in [0.1, 0.15) is 0 Å². The molecule has 2 saturated heterocycles. The molecule has 2 heterocycles. The summed E-state index contributed by atoms with van der Waals surface area (Å²) >= 11 is 1.75. The summed E-state index contributed by atoms with van der Waals surface area (Å²) in [6.07, 6.45) is -3.54. The minimum atomic E-state index is -4.31. The summed E-state index contributed by atoms with van der Waals surface area (Å²) in [5.74, 6) is 2.49. The zero-order chi connectivity index (χ0) is 20.9. The zero-order valence-corrected chi connectivity index (χ0v) is 20.3. The van der Waals surface area contributed by atoms with Gasteiger partial charge in [-0.15, -0.1) is 24.0 Å². The molecule has 0 radical (unpaired) electrons. The quantitative estimate of drug-likeness (QED) is 0.330. The predicted molar refractivity (Wildman–Crippen MR) is 127 cm³/mol. The van der Waals surface area contributed by atoms with E-state index in [1.54, 1.807) is 17.8 Å². The van der Waals surface area contributed by atoms with Gasteiger partial charge in [-0.05, 0) is 30.7 Å². The van der Waals surface area contributed by atoms with Gasteiger partial charge in [-0.25, -0.2) is 0 Å². The van der Waals surface area contributed by atoms with E-state index in [0.717, 1.165) is 62.7 Å². The van der Waals surface area contributed by atoms with Crippen LogP contribution >= 0.6 is 35.7 Å². The summed E-state index contributed by atoms with van der Waals surface area (Å²) < 4.78 is 38.7. The molecule has 2 fully saturated rings. The number of rotatable bonds is 5. The van der Waals surface area contributed by atoms with Crippen molar-refractivity contribution in [3.05, 3.63) is 35.4 Å². The third kappa shape index (κ3) is 7.16. The molecule has 1 aromatic rings. The number of piperazine rings is 1. The van der Waals surface area contributed by atoms with Gasteiger partial charge < -0.3 is 15.3 Å². The third-order valence-corrected chi connectivity index (χ3v) is 6.51. The first-order valence-corrected chi connectivity index (χ1v) is 11.2. The highest BCUT2D eigenvalue weighted by atomic mass is 127. The molecule has 0 aromatic heterocycles. The molecule has 0 spiro atoms. The highest BCUT2D eigenvalue weighted by molar-refractivity contribution is 14.0. The zero-order valence-electron chi connectivity index (χ0n) is 17.1. The van der Waals surface area contributed by atoms with Gasteiger partial charge in [0.25, 0.3) is 0 Å². The van der Waals surface area contributed by atoms with Gasteiger partial charge in [0.15, 0.2) is 5.96 Å². The second kappa shape index (κ2) is 11.2. The van der Waals surface area contributed by atoms with Crippen LogP contribution < -0.4 is 5.32 Å². The standard InChI is InChI=1S/C20H29F3N4OS.HI/c1-2-24-18(25-14-19(28)6-11-29-15-19)27-9-7-26(8-10-27)13-16-4-3-5-17(12-16)20(21,22)23;/h3-5,12,28H,2,6-11,13-15H2,1H3,(H,24,25);1H. The van der Waals surface area contributed by atoms with Crippen LogP contribution in [0.15, 0.2) is 29.3 Å². The maximum absolute atomic E-state index is 12.9. The molecule has 2 aliphatic heterocycles. The minimum Gasteiger partial charge on any atom is -0.387 e. The molecule has 1 atom stereocenters. The normalized spacial score (nSPS) is 23.4. The molecule has 2 aliphatic rings. The molecule has 170 valence electrons. The van der Waals surface area contributed by atoms with E-state index in [2.05, 4.69) is 20.1 Å². The van der Waals surface area contributed by atoms with E-state index in [1.807, 2.05) is 6.92 Å². The molecule has 0 aliphatic carbocycles. The first kappa shape index (κ1) is 25.5. The number of hydrogen-bond acceptors (Lipinski definition) is 4. The number of thioether (sulfide) groups is 1. The number of benzene rings is 1. The van der Waals surface area contributed by atoms with Crippen LogP contribution in [0, 0.1) is 0 Å². The smallest absolute Gasteiger partial charge is 0.387 e. The molecular formula is C20H30F3IN4OS. The van der Waals surface area contributed by atoms with Crippen molar-refractivity contribution in [2.45, 2.75) is 31.7 Å². The molecule has 5 nitrogen and oxygen atoms in total. The van der Waals surface area contributed by atoms with Gasteiger partial charge in [0, 0.05) is 45.0 Å². The lowest BCUT2D eigenvalue weighted by atomic mass is 10.0. The number of nitrogens with one attached hydrogen (secondary N) is 1. The van der Waals surface area contributed by atoms with E-state index in [9.17, 15) is 18.3 Å². The maximum Gasteiger partial charge on any atom is 0.416 e. The Kier molecular flexibility index (Phi) is 9.57. The van der Waals surface area contributed by atoms with Crippen LogP contribution in [0.4, 0.5) is 13.2 Å². The summed E-state index contributed by atoms with van der Waals surface area (Å²) in [7, 11) is 0. The molecule has 1 unspecified atom stereocenters. The third-order valence-electron chi connectivity index (χ3n) is 5.27. The van der Waals surface area contributed by atoms with Gasteiger partial charge in [-0.3, -0.25) is 9.89 Å². The Labute approximate surface area is 197 Å². The number of halogens is 4. The number of aliphatic hydroxyl groups is 1. The Hall–Kier alpha value is -0.720. The molecule has 1 aromatic carbocycles. The lowest BCUT2D eigenvalue weighted by Gasteiger charge is -2.37. The van der Waals surface area contributed by atoms with Crippen molar-refractivity contribution in [2.75, 3.05) is 50.8 Å². The summed E-state index contributed by atoms with van der Waals surface area (Å²) in [5.41, 5.74) is -0.635. The van der Waals surface area contributed by atoms with Crippen molar-refractivity contribution in [1.82, 2.24) is 15.1 Å². The van der Waals surface area contributed by atoms with Crippen LogP contribution in [0.2, 0.25) is 0 Å². The fourth-order valence-electron chi connectivity index (χ4n) is 3.59. The van der Waals surface area contributed by atoms with Crippen LogP contribution in [0.1, 0.15) is 24.5 Å². The molecule has 0 bridgehead atoms. The number of nitrogens with zero attached hydrogens (tertiary/aromatic N) is 3. The Morgan fingerprint density at radius 2 is 2.00 bits per heavy atom. The van der Waals surface area contributed by atoms with E-state index < -0.39 is 17.3 Å². The Bertz CT molecular complexity index is 706. The molecule has 10 heteroatoms. The lowest BCUT2D eigenvalue weighted by molar-refractivity contribution is -0.137. The van der Waals surface area contributed by atoms with Crippen LogP contribution in [-0.4, -0.2) is 77.2 Å². The van der Waals surface area contributed by atoms with E-state index in [1.165, 1.54) is 12.1 Å². The van der Waals surface area contributed by atoms with Crippen molar-refractivity contribution in [1.29, 1.82) is 0 Å². The first-order valence-electron chi connectivity index (χ1n) is 10.0. The predicted octanol–water partition coefficient (Wildman–Crippen LogP) is 3.27. The average molecular weight is 558 g/mol. The van der Waals surface area contributed by atoms with Crippen molar-refractivity contribution >= 4 is 41.7 Å². The van der Waals surface area contributed by atoms with E-state index >= 15 is 0 Å². The topological polar surface area (TPSA) is 51.1 Å². The second-order valence-electron chi connectivity index (χ2n) is 7.66. The van der Waals surface area contributed by atoms with Gasteiger partial charge in [0.2, 0.25) is 0 Å². The number of guanidine groups is 1. The van der Waals surface area contributed by atoms with Gasteiger partial charge in [-0.2, -0.15) is 24.9 Å². The Balaban J connectivity index is 0.00000320. The maximum atomic E-state index is 12.9. The van der Waals surface area contributed by atoms with Gasteiger partial charge in [-0.1, -0.05) is 18.2 Å². The van der Waals surface area contributed by atoms with Crippen molar-refractivity contribution in [2.24, 2.45) is 4.99 Å². The highest BCUT2D eigenvalue weighted by Gasteiger charge is 2.32. The summed E-state index contributed by atoms with van der Waals surface area (Å²) in [5, 5.41) is 13.8. The largest absolute Gasteiger partial charge is 0.416 e. The fraction of sp³-hybridized carbons (Fsp3) is 0.650. The van der Waals surface area contributed by atoms with E-state index in [-0.39, 0.29) is 24.0 Å². The van der Waals surface area contributed by atoms with E-state index in [4.69, 9.17) is 0 Å². The Morgan fingerprint density at radius 3 is 2.60 bits per heavy atom. The highest BCUT2D eigenvalue weighted by Crippen LogP contribution is 2.30. The number of hydrogen-bond donors (Lipinski definition) is 2. The Morgan fingerprint density at radius 1 is 1.27 bits per heavy atom. The van der Waals surface area contributed by atoms with Gasteiger partial charge >= 0.3 is 6.18 Å². The molecular weight excluding hydrogens is 528 g/mol. The summed E-state index contributed by atoms with van der Waals surface area (Å²) in [6.45, 7) is 6.66. The summed E-state index contributed by atoms with van der Waals surface area (Å²) in [4.78, 5) is 8.99. The minimum absolute atomic E-state index is 0. The number of aliphatic imine (C=N–C) groups is 1. The van der Waals surface area contributed by atoms with E-state index in [0.29, 0.717) is 18.7 Å². The van der Waals surface area contributed by atoms with Crippen LogP contribution in [0.3, 0.4) is 0 Å². The fourth-order valence-corrected chi connectivity index (χ4v) is 4.88. The molecule has 2 N–H and O–H groups in total. The average Bonchev–Trinajstić information content (AvgIpc) is 3.12. The molecule has 3 rings (SSSR count). The van der Waals surface area contributed by atoms with Gasteiger partial charge in [0.05, 0.1) is 17.7 Å². The molecule has 0 saturated carbocycles. The first-order chi connectivity index (χ1) is 13.8. The lowest BCUT2D eigenvalue weighted by Crippen LogP contribution is -2.52. The van der Waals surface area contributed by atoms with Crippen molar-refractivity contribution < 1.29 is 18.3 Å². The van der Waals surface area contributed by atoms with Crippen molar-refractivity contribution in [3.8, 4) is 0 Å². The van der Waals surface area contributed by atoms with Crippen molar-refractivity contribution in [3.63, 3.8) is 0 Å².